The molecule has 2 saturated heterocycles. The maximum Gasteiger partial charge on any atom is 0.407 e. The van der Waals surface area contributed by atoms with Gasteiger partial charge in [0.05, 0.1) is 55.3 Å². The minimum atomic E-state index is -1.17. The predicted molar refractivity (Wildman–Crippen MR) is 227 cm³/mol. The lowest BCUT2D eigenvalue weighted by Gasteiger charge is -2.33. The number of hydrogen-bond acceptors (Lipinski definition) is 10. The predicted octanol–water partition coefficient (Wildman–Crippen LogP) is 6.65. The summed E-state index contributed by atoms with van der Waals surface area (Å²) in [5, 5.41) is 17.6. The number of likely N-dealkylation sites (tertiary alicyclic amines) is 2. The lowest BCUT2D eigenvalue weighted by molar-refractivity contribution is -0.139. The minimum absolute atomic E-state index is 0.0236. The van der Waals surface area contributed by atoms with Gasteiger partial charge in [-0.1, -0.05) is 39.0 Å². The van der Waals surface area contributed by atoms with Crippen LogP contribution in [0.3, 0.4) is 0 Å². The van der Waals surface area contributed by atoms with Gasteiger partial charge in [0.25, 0.3) is 0 Å². The van der Waals surface area contributed by atoms with E-state index in [4.69, 9.17) is 24.2 Å². The molecule has 7 atom stereocenters. The largest absolute Gasteiger partial charge is 0.488 e. The van der Waals surface area contributed by atoms with E-state index < -0.39 is 30.4 Å². The molecule has 0 bridgehead atoms. The molecule has 16 heteroatoms. The number of hydrogen-bond donors (Lipinski definition) is 5. The van der Waals surface area contributed by atoms with Crippen molar-refractivity contribution in [2.75, 3.05) is 14.2 Å². The van der Waals surface area contributed by atoms with E-state index in [-0.39, 0.29) is 41.9 Å². The molecule has 0 radical (unpaired) electrons. The van der Waals surface area contributed by atoms with Crippen molar-refractivity contribution in [3.63, 3.8) is 0 Å². The fourth-order valence-electron chi connectivity index (χ4n) is 9.39. The van der Waals surface area contributed by atoms with Crippen molar-refractivity contribution in [3.05, 3.63) is 65.9 Å². The number of H-pyrrole nitrogens is 2. The van der Waals surface area contributed by atoms with Crippen molar-refractivity contribution < 1.29 is 38.5 Å². The summed E-state index contributed by atoms with van der Waals surface area (Å²) in [6.45, 7) is 9.68. The van der Waals surface area contributed by atoms with Crippen LogP contribution in [0.1, 0.15) is 96.0 Å². The number of carbonyl (C=O) groups excluding carboxylic acids is 4. The van der Waals surface area contributed by atoms with Crippen LogP contribution in [0.15, 0.2) is 48.7 Å². The number of carbonyl (C=O) groups is 4. The zero-order chi connectivity index (χ0) is 43.3. The molecule has 322 valence electrons. The second-order valence-corrected chi connectivity index (χ2v) is 16.8. The Balaban J connectivity index is 1.05. The highest BCUT2D eigenvalue weighted by Crippen LogP contribution is 2.44. The number of aliphatic hydroxyl groups is 1. The van der Waals surface area contributed by atoms with E-state index in [0.29, 0.717) is 31.1 Å². The van der Waals surface area contributed by atoms with Gasteiger partial charge in [0.1, 0.15) is 36.1 Å². The fourth-order valence-corrected chi connectivity index (χ4v) is 9.39. The Hall–Kier alpha value is -6.16. The van der Waals surface area contributed by atoms with Crippen molar-refractivity contribution in [3.8, 4) is 28.1 Å². The van der Waals surface area contributed by atoms with E-state index in [1.54, 1.807) is 11.1 Å². The van der Waals surface area contributed by atoms with Gasteiger partial charge in [-0.25, -0.2) is 19.6 Å². The summed E-state index contributed by atoms with van der Waals surface area (Å²) >= 11 is 0. The number of rotatable bonds is 10. The Morgan fingerprint density at radius 1 is 0.869 bits per heavy atom. The van der Waals surface area contributed by atoms with Gasteiger partial charge in [-0.05, 0) is 98.2 Å². The Bertz CT molecular complexity index is 2490. The Morgan fingerprint density at radius 3 is 2.28 bits per heavy atom. The zero-order valence-corrected chi connectivity index (χ0v) is 35.6. The molecule has 1 unspecified atom stereocenters. The molecular weight excluding hydrogens is 781 g/mol. The third kappa shape index (κ3) is 7.62. The van der Waals surface area contributed by atoms with Crippen molar-refractivity contribution in [2.45, 2.75) is 116 Å². The molecule has 5 N–H and O–H groups in total. The first kappa shape index (κ1) is 41.6. The second-order valence-electron chi connectivity index (χ2n) is 16.8. The van der Waals surface area contributed by atoms with E-state index in [0.717, 1.165) is 74.8 Å². The van der Waals surface area contributed by atoms with E-state index in [2.05, 4.69) is 50.9 Å². The van der Waals surface area contributed by atoms with E-state index in [9.17, 15) is 24.3 Å². The van der Waals surface area contributed by atoms with Crippen molar-refractivity contribution in [2.24, 2.45) is 5.92 Å². The quantitative estimate of drug-likeness (QED) is 0.101. The second kappa shape index (κ2) is 16.7. The molecule has 5 aromatic rings. The summed E-state index contributed by atoms with van der Waals surface area (Å²) in [6, 6.07) is 11.8. The van der Waals surface area contributed by atoms with E-state index >= 15 is 0 Å². The van der Waals surface area contributed by atoms with E-state index in [1.165, 1.54) is 21.1 Å². The van der Waals surface area contributed by atoms with Gasteiger partial charge in [0.15, 0.2) is 0 Å². The standard InChI is InChI=1S/C45H54N8O8/c1-8-28-12-16-35(53(28)43(56)38(24(5)54)51-45(58)60-7)41-47-32-14-11-25-18-31-29-13-10-26(17-27(29)21-61-36(31)19-30(25)39(32)49-41)33-20-46-40(48-33)34-15-9-23(4)52(34)42(55)37(22(2)3)50-44(57)59-6/h10-11,13-14,17-20,22-24,28,34-35,37-38,54H,8-9,12,15-16,21H2,1-7H3,(H,46,48)(H,47,49)(H,50,57)(H,51,58)/t23-,24?,28-,34-,35-,37-,38-/m0/s1. The third-order valence-corrected chi connectivity index (χ3v) is 12.7. The molecule has 2 aromatic heterocycles. The van der Waals surface area contributed by atoms with Crippen LogP contribution >= 0.6 is 0 Å². The molecule has 4 amide bonds. The fraction of sp³-hybridized carbons (Fsp3) is 0.467. The number of alkyl carbamates (subject to hydrolysis) is 2. The first-order valence-corrected chi connectivity index (χ1v) is 21.1. The van der Waals surface area contributed by atoms with Gasteiger partial charge >= 0.3 is 12.2 Å². The molecule has 0 saturated carbocycles. The van der Waals surface area contributed by atoms with Gasteiger partial charge in [0, 0.05) is 23.0 Å². The summed E-state index contributed by atoms with van der Waals surface area (Å²) in [5.41, 5.74) is 6.41. The first-order valence-electron chi connectivity index (χ1n) is 21.1. The molecule has 3 aliphatic heterocycles. The summed E-state index contributed by atoms with van der Waals surface area (Å²) in [7, 11) is 2.51. The van der Waals surface area contributed by atoms with Crippen LogP contribution in [0.4, 0.5) is 9.59 Å². The highest BCUT2D eigenvalue weighted by molar-refractivity contribution is 6.07. The number of aromatic amines is 2. The van der Waals surface area contributed by atoms with Crippen LogP contribution in [-0.4, -0.2) is 103 Å². The monoisotopic (exact) mass is 834 g/mol. The van der Waals surface area contributed by atoms with Gasteiger partial charge in [-0.3, -0.25) is 9.59 Å². The van der Waals surface area contributed by atoms with Crippen LogP contribution in [0.25, 0.3) is 44.2 Å². The van der Waals surface area contributed by atoms with Crippen LogP contribution < -0.4 is 15.4 Å². The molecule has 61 heavy (non-hydrogen) atoms. The molecular formula is C45H54N8O8. The molecule has 2 fully saturated rings. The number of aliphatic hydroxyl groups excluding tert-OH is 1. The van der Waals surface area contributed by atoms with E-state index in [1.807, 2.05) is 44.7 Å². The molecule has 0 spiro atoms. The number of benzene rings is 3. The number of imidazole rings is 2. The van der Waals surface area contributed by atoms with Crippen molar-refractivity contribution >= 4 is 45.8 Å². The summed E-state index contributed by atoms with van der Waals surface area (Å²) in [6.07, 6.45) is 2.95. The third-order valence-electron chi connectivity index (χ3n) is 12.7. The summed E-state index contributed by atoms with van der Waals surface area (Å²) in [5.74, 6) is 1.41. The number of ether oxygens (including phenoxy) is 3. The molecule has 3 aromatic carbocycles. The summed E-state index contributed by atoms with van der Waals surface area (Å²) < 4.78 is 16.0. The number of nitrogens with one attached hydrogen (secondary N) is 4. The highest BCUT2D eigenvalue weighted by Gasteiger charge is 2.44. The number of methoxy groups -OCH3 is 2. The Morgan fingerprint density at radius 2 is 1.57 bits per heavy atom. The minimum Gasteiger partial charge on any atom is -0.488 e. The molecule has 3 aliphatic rings. The average Bonchev–Trinajstić information content (AvgIpc) is 4.08. The smallest absolute Gasteiger partial charge is 0.407 e. The molecule has 5 heterocycles. The van der Waals surface area contributed by atoms with Crippen LogP contribution in [0.2, 0.25) is 0 Å². The van der Waals surface area contributed by atoms with Crippen LogP contribution in [0.5, 0.6) is 5.75 Å². The summed E-state index contributed by atoms with van der Waals surface area (Å²) in [4.78, 5) is 72.4. The zero-order valence-electron chi connectivity index (χ0n) is 35.6. The molecule has 0 aliphatic carbocycles. The highest BCUT2D eigenvalue weighted by atomic mass is 16.5. The number of nitrogens with zero attached hydrogens (tertiary/aromatic N) is 4. The van der Waals surface area contributed by atoms with Crippen LogP contribution in [-0.2, 0) is 25.7 Å². The maximum absolute atomic E-state index is 14.0. The molecule has 8 rings (SSSR count). The van der Waals surface area contributed by atoms with Crippen molar-refractivity contribution in [1.82, 2.24) is 40.4 Å². The number of amides is 4. The maximum atomic E-state index is 14.0. The van der Waals surface area contributed by atoms with Crippen LogP contribution in [0, 0.1) is 5.92 Å². The normalized spacial score (nSPS) is 21.1. The van der Waals surface area contributed by atoms with Gasteiger partial charge < -0.3 is 49.7 Å². The Kier molecular flexibility index (Phi) is 11.4. The number of aromatic nitrogens is 4. The van der Waals surface area contributed by atoms with Crippen molar-refractivity contribution in [1.29, 1.82) is 0 Å². The lowest BCUT2D eigenvalue weighted by Crippen LogP contribution is -2.55. The van der Waals surface area contributed by atoms with Gasteiger partial charge in [0.2, 0.25) is 11.8 Å². The average molecular weight is 835 g/mol. The van der Waals surface area contributed by atoms with Gasteiger partial charge in [-0.15, -0.1) is 0 Å². The first-order chi connectivity index (χ1) is 29.3. The number of fused-ring (bicyclic) bond motifs is 6. The topological polar surface area (TPSA) is 204 Å². The Labute approximate surface area is 353 Å². The molecule has 16 nitrogen and oxygen atoms in total. The lowest BCUT2D eigenvalue weighted by atomic mass is 9.92. The SMILES string of the molecule is CC[C@H]1CC[C@@H](c2nc3c(ccc4cc5c(cc43)OCc3cc(-c4cnc([C@@H]6CC[C@H](C)N6C(=O)[C@@H](NC(=O)OC)C(C)C)[nH]4)ccc3-5)[nH]2)N1C(=O)[C@@H](NC(=O)OC)C(C)O. The van der Waals surface area contributed by atoms with Gasteiger partial charge in [-0.2, -0.15) is 0 Å².